The number of carbonyl (C=O) groups excluding carboxylic acids is 1. The number of carbonyl (C=O) groups is 1. The molecule has 0 unspecified atom stereocenters. The number of fused-ring (bicyclic) bond motifs is 1. The number of benzene rings is 3. The highest BCUT2D eigenvalue weighted by molar-refractivity contribution is 6.08. The molecule has 26 heavy (non-hydrogen) atoms. The van der Waals surface area contributed by atoms with Crippen molar-refractivity contribution in [1.82, 2.24) is 4.98 Å². The molecular formula is C22H15FN2O. The number of amides is 1. The van der Waals surface area contributed by atoms with Gasteiger partial charge in [-0.15, -0.1) is 0 Å². The second-order valence-corrected chi connectivity index (χ2v) is 5.89. The van der Waals surface area contributed by atoms with Crippen LogP contribution in [0, 0.1) is 5.82 Å². The average molecular weight is 342 g/mol. The van der Waals surface area contributed by atoms with Crippen LogP contribution in [0.1, 0.15) is 10.4 Å². The zero-order valence-corrected chi connectivity index (χ0v) is 13.8. The molecule has 0 spiro atoms. The zero-order valence-electron chi connectivity index (χ0n) is 13.8. The molecule has 126 valence electrons. The van der Waals surface area contributed by atoms with Crippen LogP contribution in [0.4, 0.5) is 10.1 Å². The van der Waals surface area contributed by atoms with Crippen LogP contribution in [-0.4, -0.2) is 10.9 Å². The van der Waals surface area contributed by atoms with Crippen molar-refractivity contribution in [3.05, 3.63) is 96.4 Å². The monoisotopic (exact) mass is 342 g/mol. The number of anilines is 1. The molecule has 0 radical (unpaired) electrons. The third-order valence-electron chi connectivity index (χ3n) is 4.21. The summed E-state index contributed by atoms with van der Waals surface area (Å²) in [5.74, 6) is -0.519. The van der Waals surface area contributed by atoms with E-state index in [9.17, 15) is 9.18 Å². The van der Waals surface area contributed by atoms with Crippen molar-refractivity contribution in [3.8, 4) is 11.1 Å². The molecule has 1 aromatic heterocycles. The first-order valence-corrected chi connectivity index (χ1v) is 8.22. The number of hydrogen-bond donors (Lipinski definition) is 1. The topological polar surface area (TPSA) is 42.0 Å². The van der Waals surface area contributed by atoms with Crippen molar-refractivity contribution in [3.63, 3.8) is 0 Å². The van der Waals surface area contributed by atoms with E-state index in [2.05, 4.69) is 10.3 Å². The smallest absolute Gasteiger partial charge is 0.255 e. The zero-order chi connectivity index (χ0) is 17.9. The first-order chi connectivity index (χ1) is 12.7. The fourth-order valence-electron chi connectivity index (χ4n) is 2.90. The maximum atomic E-state index is 13.9. The molecule has 4 rings (SSSR count). The van der Waals surface area contributed by atoms with Gasteiger partial charge in [0.15, 0.2) is 0 Å². The summed E-state index contributed by atoms with van der Waals surface area (Å²) in [6.45, 7) is 0. The van der Waals surface area contributed by atoms with E-state index in [0.717, 1.165) is 16.5 Å². The van der Waals surface area contributed by atoms with Gasteiger partial charge in [0.1, 0.15) is 5.82 Å². The normalized spacial score (nSPS) is 10.7. The molecule has 0 atom stereocenters. The molecule has 1 N–H and O–H groups in total. The SMILES string of the molecule is O=C(Nc1cccc2cccnc12)c1ccc(-c2ccccc2F)cc1. The second kappa shape index (κ2) is 6.76. The van der Waals surface area contributed by atoms with E-state index in [4.69, 9.17) is 0 Å². The van der Waals surface area contributed by atoms with Gasteiger partial charge in [-0.05, 0) is 35.9 Å². The molecule has 1 heterocycles. The lowest BCUT2D eigenvalue weighted by molar-refractivity contribution is 0.102. The van der Waals surface area contributed by atoms with Gasteiger partial charge in [0.05, 0.1) is 11.2 Å². The lowest BCUT2D eigenvalue weighted by Gasteiger charge is -2.09. The summed E-state index contributed by atoms with van der Waals surface area (Å²) in [6, 6.07) is 22.9. The first-order valence-electron chi connectivity index (χ1n) is 8.22. The highest BCUT2D eigenvalue weighted by Gasteiger charge is 2.10. The molecule has 0 saturated carbocycles. The van der Waals surface area contributed by atoms with E-state index in [-0.39, 0.29) is 11.7 Å². The van der Waals surface area contributed by atoms with Gasteiger partial charge in [0.25, 0.3) is 5.91 Å². The van der Waals surface area contributed by atoms with Crippen LogP contribution >= 0.6 is 0 Å². The van der Waals surface area contributed by atoms with E-state index in [1.807, 2.05) is 30.3 Å². The van der Waals surface area contributed by atoms with Gasteiger partial charge in [-0.1, -0.05) is 48.5 Å². The lowest BCUT2D eigenvalue weighted by Crippen LogP contribution is -2.12. The van der Waals surface area contributed by atoms with Crippen LogP contribution in [0.3, 0.4) is 0 Å². The Bertz CT molecular complexity index is 1090. The van der Waals surface area contributed by atoms with Gasteiger partial charge in [0.2, 0.25) is 0 Å². The van der Waals surface area contributed by atoms with Gasteiger partial charge >= 0.3 is 0 Å². The minimum atomic E-state index is -0.286. The van der Waals surface area contributed by atoms with Gasteiger partial charge < -0.3 is 5.32 Å². The summed E-state index contributed by atoms with van der Waals surface area (Å²) >= 11 is 0. The second-order valence-electron chi connectivity index (χ2n) is 5.89. The van der Waals surface area contributed by atoms with Crippen LogP contribution < -0.4 is 5.32 Å². The summed E-state index contributed by atoms with van der Waals surface area (Å²) in [5, 5.41) is 3.85. The van der Waals surface area contributed by atoms with Crippen LogP contribution in [-0.2, 0) is 0 Å². The Labute approximate surface area is 150 Å². The number of halogens is 1. The summed E-state index contributed by atoms with van der Waals surface area (Å²) in [5.41, 5.74) is 3.14. The Morgan fingerprint density at radius 3 is 2.42 bits per heavy atom. The fourth-order valence-corrected chi connectivity index (χ4v) is 2.90. The summed E-state index contributed by atoms with van der Waals surface area (Å²) in [4.78, 5) is 16.9. The summed E-state index contributed by atoms with van der Waals surface area (Å²) in [6.07, 6.45) is 1.70. The maximum Gasteiger partial charge on any atom is 0.255 e. The molecule has 1 amide bonds. The van der Waals surface area contributed by atoms with E-state index >= 15 is 0 Å². The Balaban J connectivity index is 1.60. The number of nitrogens with zero attached hydrogens (tertiary/aromatic N) is 1. The van der Waals surface area contributed by atoms with Gasteiger partial charge in [0, 0.05) is 22.7 Å². The highest BCUT2D eigenvalue weighted by Crippen LogP contribution is 2.24. The highest BCUT2D eigenvalue weighted by atomic mass is 19.1. The summed E-state index contributed by atoms with van der Waals surface area (Å²) < 4.78 is 13.9. The van der Waals surface area contributed by atoms with Crippen molar-refractivity contribution < 1.29 is 9.18 Å². The predicted octanol–water partition coefficient (Wildman–Crippen LogP) is 5.29. The number of aromatic nitrogens is 1. The number of nitrogens with one attached hydrogen (secondary N) is 1. The molecule has 0 saturated heterocycles. The molecule has 4 heteroatoms. The molecule has 3 nitrogen and oxygen atoms in total. The molecular weight excluding hydrogens is 327 g/mol. The maximum absolute atomic E-state index is 13.9. The van der Waals surface area contributed by atoms with Crippen molar-refractivity contribution in [2.75, 3.05) is 5.32 Å². The Morgan fingerprint density at radius 1 is 0.846 bits per heavy atom. The molecule has 0 fully saturated rings. The third kappa shape index (κ3) is 3.05. The molecule has 0 aliphatic heterocycles. The Hall–Kier alpha value is -3.53. The van der Waals surface area contributed by atoms with E-state index in [0.29, 0.717) is 16.8 Å². The van der Waals surface area contributed by atoms with Crippen LogP contribution in [0.5, 0.6) is 0 Å². The molecule has 3 aromatic carbocycles. The third-order valence-corrected chi connectivity index (χ3v) is 4.21. The quantitative estimate of drug-likeness (QED) is 0.549. The Morgan fingerprint density at radius 2 is 1.62 bits per heavy atom. The molecule has 0 bridgehead atoms. The van der Waals surface area contributed by atoms with Crippen molar-refractivity contribution in [2.45, 2.75) is 0 Å². The van der Waals surface area contributed by atoms with Crippen molar-refractivity contribution in [1.29, 1.82) is 0 Å². The van der Waals surface area contributed by atoms with Gasteiger partial charge in [-0.2, -0.15) is 0 Å². The average Bonchev–Trinajstić information content (AvgIpc) is 2.69. The van der Waals surface area contributed by atoms with E-state index < -0.39 is 0 Å². The van der Waals surface area contributed by atoms with Crippen LogP contribution in [0.2, 0.25) is 0 Å². The summed E-state index contributed by atoms with van der Waals surface area (Å²) in [7, 11) is 0. The largest absolute Gasteiger partial charge is 0.320 e. The standard InChI is InChI=1S/C22H15FN2O/c23-19-8-2-1-7-18(19)15-10-12-17(13-11-15)22(26)25-20-9-3-5-16-6-4-14-24-21(16)20/h1-14H,(H,25,26). The van der Waals surface area contributed by atoms with E-state index in [1.54, 1.807) is 48.7 Å². The molecule has 0 aliphatic carbocycles. The van der Waals surface area contributed by atoms with Crippen LogP contribution in [0.25, 0.3) is 22.0 Å². The van der Waals surface area contributed by atoms with Gasteiger partial charge in [-0.25, -0.2) is 4.39 Å². The van der Waals surface area contributed by atoms with Gasteiger partial charge in [-0.3, -0.25) is 9.78 Å². The van der Waals surface area contributed by atoms with Crippen LogP contribution in [0.15, 0.2) is 85.1 Å². The number of rotatable bonds is 3. The number of hydrogen-bond acceptors (Lipinski definition) is 2. The Kier molecular flexibility index (Phi) is 4.15. The first kappa shape index (κ1) is 16.0. The number of pyridine rings is 1. The van der Waals surface area contributed by atoms with E-state index in [1.165, 1.54) is 6.07 Å². The minimum Gasteiger partial charge on any atom is -0.320 e. The molecule has 4 aromatic rings. The number of para-hydroxylation sites is 1. The fraction of sp³-hybridized carbons (Fsp3) is 0. The predicted molar refractivity (Wildman–Crippen MR) is 102 cm³/mol. The van der Waals surface area contributed by atoms with Crippen molar-refractivity contribution in [2.24, 2.45) is 0 Å². The van der Waals surface area contributed by atoms with Crippen molar-refractivity contribution >= 4 is 22.5 Å². The lowest BCUT2D eigenvalue weighted by atomic mass is 10.0. The minimum absolute atomic E-state index is 0.233. The molecule has 0 aliphatic rings.